The van der Waals surface area contributed by atoms with Crippen LogP contribution in [0.5, 0.6) is 0 Å². The molecule has 0 bridgehead atoms. The SMILES string of the molecule is CCCCCCC/C=C\C/C=C\CCCCCCCCCCCCCC(=O)OCC(COP(=O)(O)OC1C(O)C(O)C(O)C(O)C1O)OC(=O)CCCCCCCCCCCCC/C=C\C/C=C\CCCCCCC. The van der Waals surface area contributed by atoms with Crippen molar-refractivity contribution in [3.8, 4) is 0 Å². The Kier molecular flexibility index (Phi) is 47.3. The van der Waals surface area contributed by atoms with Crippen LogP contribution in [0.3, 0.4) is 0 Å². The van der Waals surface area contributed by atoms with Crippen LogP contribution in [0.15, 0.2) is 48.6 Å². The number of hydrogen-bond acceptors (Lipinski definition) is 12. The minimum atomic E-state index is -5.13. The zero-order valence-corrected chi connectivity index (χ0v) is 48.2. The van der Waals surface area contributed by atoms with Gasteiger partial charge in [-0.1, -0.05) is 229 Å². The fourth-order valence-electron chi connectivity index (χ4n) is 9.29. The van der Waals surface area contributed by atoms with E-state index < -0.39 is 75.7 Å². The van der Waals surface area contributed by atoms with Crippen LogP contribution in [0, 0.1) is 0 Å². The summed E-state index contributed by atoms with van der Waals surface area (Å²) in [4.78, 5) is 36.0. The van der Waals surface area contributed by atoms with Gasteiger partial charge in [-0.3, -0.25) is 18.6 Å². The molecule has 0 aromatic rings. The van der Waals surface area contributed by atoms with Gasteiger partial charge >= 0.3 is 19.8 Å². The van der Waals surface area contributed by atoms with Crippen molar-refractivity contribution in [3.05, 3.63) is 48.6 Å². The topological polar surface area (TPSA) is 210 Å². The molecular formula is C61H111O13P. The van der Waals surface area contributed by atoms with Crippen LogP contribution in [-0.4, -0.2) is 98.3 Å². The summed E-state index contributed by atoms with van der Waals surface area (Å²) in [6.45, 7) is 3.33. The van der Waals surface area contributed by atoms with Crippen LogP contribution in [-0.2, 0) is 32.7 Å². The van der Waals surface area contributed by atoms with Crippen molar-refractivity contribution < 1.29 is 63.1 Å². The normalized spacial score (nSPS) is 20.5. The van der Waals surface area contributed by atoms with Gasteiger partial charge < -0.3 is 39.9 Å². The molecule has 1 rings (SSSR count). The van der Waals surface area contributed by atoms with Crippen molar-refractivity contribution in [1.29, 1.82) is 0 Å². The van der Waals surface area contributed by atoms with Gasteiger partial charge in [0.15, 0.2) is 6.10 Å². The molecule has 1 aliphatic carbocycles. The number of phosphoric acid groups is 1. The average Bonchev–Trinajstić information content (AvgIpc) is 3.39. The Morgan fingerprint density at radius 3 is 1.08 bits per heavy atom. The minimum absolute atomic E-state index is 0.0943. The molecule has 14 heteroatoms. The Bertz CT molecular complexity index is 1490. The van der Waals surface area contributed by atoms with Crippen LogP contribution in [0.4, 0.5) is 0 Å². The van der Waals surface area contributed by atoms with E-state index in [0.717, 1.165) is 70.6 Å². The van der Waals surface area contributed by atoms with Gasteiger partial charge in [-0.25, -0.2) is 4.57 Å². The first-order valence-electron chi connectivity index (χ1n) is 30.4. The van der Waals surface area contributed by atoms with E-state index in [9.17, 15) is 44.6 Å². The highest BCUT2D eigenvalue weighted by Crippen LogP contribution is 2.47. The Morgan fingerprint density at radius 1 is 0.413 bits per heavy atom. The average molecular weight is 1080 g/mol. The fourth-order valence-corrected chi connectivity index (χ4v) is 10.3. The summed E-state index contributed by atoms with van der Waals surface area (Å²) in [5, 5.41) is 50.5. The Hall–Kier alpha value is -2.19. The van der Waals surface area contributed by atoms with Crippen molar-refractivity contribution in [2.24, 2.45) is 0 Å². The predicted molar refractivity (Wildman–Crippen MR) is 304 cm³/mol. The quantitative estimate of drug-likeness (QED) is 0.0145. The second-order valence-electron chi connectivity index (χ2n) is 21.2. The van der Waals surface area contributed by atoms with E-state index in [0.29, 0.717) is 12.8 Å². The first-order chi connectivity index (χ1) is 36.4. The number of rotatable bonds is 52. The second-order valence-corrected chi connectivity index (χ2v) is 22.6. The number of aliphatic hydroxyl groups is 5. The summed E-state index contributed by atoms with van der Waals surface area (Å²) in [6, 6.07) is 0. The minimum Gasteiger partial charge on any atom is -0.462 e. The number of esters is 2. The smallest absolute Gasteiger partial charge is 0.462 e. The molecular weight excluding hydrogens is 972 g/mol. The van der Waals surface area contributed by atoms with Gasteiger partial charge in [0.25, 0.3) is 0 Å². The molecule has 13 nitrogen and oxygen atoms in total. The molecule has 6 N–H and O–H groups in total. The Labute approximate surface area is 456 Å². The van der Waals surface area contributed by atoms with Gasteiger partial charge in [0.2, 0.25) is 0 Å². The number of phosphoric ester groups is 1. The number of carbonyl (C=O) groups is 2. The number of aliphatic hydroxyl groups excluding tert-OH is 5. The van der Waals surface area contributed by atoms with Crippen LogP contribution < -0.4 is 0 Å². The maximum Gasteiger partial charge on any atom is 0.472 e. The summed E-state index contributed by atoms with van der Waals surface area (Å²) in [6.07, 6.45) is 50.1. The molecule has 1 fully saturated rings. The Balaban J connectivity index is 2.31. The van der Waals surface area contributed by atoms with Crippen molar-refractivity contribution in [2.75, 3.05) is 13.2 Å². The standard InChI is InChI=1S/C61H111O13P/c1-3-5-7-9-11-13-15-17-19-21-23-25-27-29-31-33-35-37-39-41-43-45-47-49-54(62)71-51-53(52-72-75(69,70)74-61-59(67)57(65)56(64)58(66)60(61)68)73-55(63)50-48-46-44-42-40-38-36-34-32-30-28-26-24-22-20-18-16-14-12-10-8-6-4-2/h15-18,21-24,53,56-61,64-68H,3-14,19-20,25-52H2,1-2H3,(H,69,70)/b17-15-,18-16-,23-21-,24-22-. The van der Waals surface area contributed by atoms with E-state index in [1.807, 2.05) is 0 Å². The van der Waals surface area contributed by atoms with Gasteiger partial charge in [0.05, 0.1) is 6.61 Å². The molecule has 75 heavy (non-hydrogen) atoms. The summed E-state index contributed by atoms with van der Waals surface area (Å²) >= 11 is 0. The van der Waals surface area contributed by atoms with Crippen LogP contribution in [0.1, 0.15) is 271 Å². The van der Waals surface area contributed by atoms with Crippen molar-refractivity contribution in [2.45, 2.75) is 313 Å². The molecule has 0 amide bonds. The fraction of sp³-hybridized carbons (Fsp3) is 0.836. The molecule has 0 saturated heterocycles. The molecule has 1 saturated carbocycles. The maximum atomic E-state index is 12.9. The lowest BCUT2D eigenvalue weighted by Crippen LogP contribution is -2.64. The lowest BCUT2D eigenvalue weighted by atomic mass is 9.85. The third-order valence-corrected chi connectivity index (χ3v) is 15.1. The number of carbonyl (C=O) groups excluding carboxylic acids is 2. The van der Waals surface area contributed by atoms with E-state index >= 15 is 0 Å². The maximum absolute atomic E-state index is 12.9. The molecule has 0 aliphatic heterocycles. The highest BCUT2D eigenvalue weighted by molar-refractivity contribution is 7.47. The van der Waals surface area contributed by atoms with Gasteiger partial charge in [-0.15, -0.1) is 0 Å². The highest BCUT2D eigenvalue weighted by Gasteiger charge is 2.51. The summed E-state index contributed by atoms with van der Waals surface area (Å²) < 4.78 is 33.8. The van der Waals surface area contributed by atoms with E-state index in [-0.39, 0.29) is 12.8 Å². The third-order valence-electron chi connectivity index (χ3n) is 14.1. The Morgan fingerprint density at radius 2 is 0.720 bits per heavy atom. The molecule has 438 valence electrons. The first-order valence-corrected chi connectivity index (χ1v) is 31.9. The van der Waals surface area contributed by atoms with E-state index in [4.69, 9.17) is 18.5 Å². The molecule has 1 aliphatic rings. The number of allylic oxidation sites excluding steroid dienone is 8. The molecule has 6 atom stereocenters. The summed E-state index contributed by atoms with van der Waals surface area (Å²) in [5.74, 6) is -1.09. The predicted octanol–water partition coefficient (Wildman–Crippen LogP) is 14.6. The van der Waals surface area contributed by atoms with Crippen molar-refractivity contribution in [3.63, 3.8) is 0 Å². The number of hydrogen-bond donors (Lipinski definition) is 6. The van der Waals surface area contributed by atoms with Crippen LogP contribution in [0.25, 0.3) is 0 Å². The van der Waals surface area contributed by atoms with Gasteiger partial charge in [-0.05, 0) is 77.0 Å². The van der Waals surface area contributed by atoms with Crippen LogP contribution >= 0.6 is 7.82 Å². The first kappa shape index (κ1) is 70.8. The lowest BCUT2D eigenvalue weighted by Gasteiger charge is -2.41. The van der Waals surface area contributed by atoms with E-state index in [2.05, 4.69) is 62.5 Å². The molecule has 0 spiro atoms. The highest BCUT2D eigenvalue weighted by atomic mass is 31.2. The molecule has 0 aromatic heterocycles. The van der Waals surface area contributed by atoms with E-state index in [1.54, 1.807) is 0 Å². The van der Waals surface area contributed by atoms with Gasteiger partial charge in [0, 0.05) is 12.8 Å². The zero-order chi connectivity index (χ0) is 54.9. The van der Waals surface area contributed by atoms with Crippen molar-refractivity contribution in [1.82, 2.24) is 0 Å². The molecule has 0 radical (unpaired) electrons. The molecule has 6 unspecified atom stereocenters. The third kappa shape index (κ3) is 41.5. The largest absolute Gasteiger partial charge is 0.472 e. The van der Waals surface area contributed by atoms with Gasteiger partial charge in [-0.2, -0.15) is 0 Å². The van der Waals surface area contributed by atoms with Gasteiger partial charge in [0.1, 0.15) is 43.2 Å². The van der Waals surface area contributed by atoms with E-state index in [1.165, 1.54) is 161 Å². The summed E-state index contributed by atoms with van der Waals surface area (Å²) in [7, 11) is -5.13. The monoisotopic (exact) mass is 1080 g/mol. The van der Waals surface area contributed by atoms with Crippen LogP contribution in [0.2, 0.25) is 0 Å². The molecule has 0 heterocycles. The van der Waals surface area contributed by atoms with Crippen molar-refractivity contribution >= 4 is 19.8 Å². The number of unbranched alkanes of at least 4 members (excludes halogenated alkanes) is 32. The number of ether oxygens (including phenoxy) is 2. The molecule has 0 aromatic carbocycles. The zero-order valence-electron chi connectivity index (χ0n) is 47.3. The summed E-state index contributed by atoms with van der Waals surface area (Å²) in [5.41, 5.74) is 0. The lowest BCUT2D eigenvalue weighted by molar-refractivity contribution is -0.220. The second kappa shape index (κ2) is 50.1.